The van der Waals surface area contributed by atoms with Gasteiger partial charge in [0.05, 0.1) is 34.8 Å². The molecule has 2 aromatic carbocycles. The number of halogens is 1. The van der Waals surface area contributed by atoms with Gasteiger partial charge in [-0.2, -0.15) is 10.4 Å². The molecule has 1 amide bonds. The molecule has 124 valence electrons. The molecule has 0 saturated carbocycles. The number of carbonyl (C=O) groups excluding carboxylic acids is 1. The van der Waals surface area contributed by atoms with Crippen molar-refractivity contribution in [2.45, 2.75) is 13.3 Å². The number of rotatable bonds is 4. The second kappa shape index (κ2) is 6.97. The first-order valence-corrected chi connectivity index (χ1v) is 7.76. The Bertz CT molecular complexity index is 954. The number of aromatic nitrogens is 2. The van der Waals surface area contributed by atoms with E-state index in [4.69, 9.17) is 5.26 Å². The summed E-state index contributed by atoms with van der Waals surface area (Å²) in [5.41, 5.74) is 2.86. The molecule has 0 radical (unpaired) electrons. The highest BCUT2D eigenvalue weighted by molar-refractivity contribution is 6.05. The van der Waals surface area contributed by atoms with Crippen molar-refractivity contribution in [1.82, 2.24) is 9.78 Å². The number of benzene rings is 2. The van der Waals surface area contributed by atoms with Gasteiger partial charge in [-0.1, -0.05) is 13.0 Å². The maximum absolute atomic E-state index is 13.1. The van der Waals surface area contributed by atoms with Crippen molar-refractivity contribution in [2.24, 2.45) is 0 Å². The Labute approximate surface area is 144 Å². The maximum atomic E-state index is 13.1. The first-order valence-electron chi connectivity index (χ1n) is 7.76. The molecule has 25 heavy (non-hydrogen) atoms. The minimum Gasteiger partial charge on any atom is -0.322 e. The SMILES string of the molecule is CCc1c(C(=O)Nc2cccc(C#N)c2)cnn1-c1ccc(F)cc1. The highest BCUT2D eigenvalue weighted by Gasteiger charge is 2.17. The Morgan fingerprint density at radius 1 is 1.28 bits per heavy atom. The molecule has 3 rings (SSSR count). The molecule has 0 aliphatic heterocycles. The minimum atomic E-state index is -0.329. The first kappa shape index (κ1) is 16.4. The maximum Gasteiger partial charge on any atom is 0.259 e. The summed E-state index contributed by atoms with van der Waals surface area (Å²) < 4.78 is 14.7. The molecule has 6 heteroatoms. The second-order valence-electron chi connectivity index (χ2n) is 5.39. The molecule has 0 atom stereocenters. The van der Waals surface area contributed by atoms with Gasteiger partial charge in [0.25, 0.3) is 5.91 Å². The van der Waals surface area contributed by atoms with E-state index in [1.54, 1.807) is 41.1 Å². The molecule has 0 spiro atoms. The summed E-state index contributed by atoms with van der Waals surface area (Å²) in [7, 11) is 0. The van der Waals surface area contributed by atoms with Gasteiger partial charge in [0.1, 0.15) is 5.82 Å². The van der Waals surface area contributed by atoms with Crippen LogP contribution >= 0.6 is 0 Å². The monoisotopic (exact) mass is 334 g/mol. The zero-order chi connectivity index (χ0) is 17.8. The van der Waals surface area contributed by atoms with Crippen LogP contribution in [-0.4, -0.2) is 15.7 Å². The summed E-state index contributed by atoms with van der Waals surface area (Å²) in [6.45, 7) is 1.92. The average Bonchev–Trinajstić information content (AvgIpc) is 3.06. The Morgan fingerprint density at radius 2 is 2.04 bits per heavy atom. The molecule has 1 N–H and O–H groups in total. The van der Waals surface area contributed by atoms with Gasteiger partial charge in [0.2, 0.25) is 0 Å². The van der Waals surface area contributed by atoms with Gasteiger partial charge in [-0.05, 0) is 48.9 Å². The molecule has 0 bridgehead atoms. The molecular weight excluding hydrogens is 319 g/mol. The topological polar surface area (TPSA) is 70.7 Å². The molecule has 0 fully saturated rings. The van der Waals surface area contributed by atoms with E-state index in [1.165, 1.54) is 18.3 Å². The van der Waals surface area contributed by atoms with Crippen molar-refractivity contribution < 1.29 is 9.18 Å². The van der Waals surface area contributed by atoms with E-state index in [1.807, 2.05) is 13.0 Å². The molecular formula is C19H15FN4O. The molecule has 3 aromatic rings. The van der Waals surface area contributed by atoms with E-state index in [-0.39, 0.29) is 11.7 Å². The molecule has 1 heterocycles. The molecule has 1 aromatic heterocycles. The standard InChI is InChI=1S/C19H15FN4O/c1-2-18-17(12-22-24(18)16-8-6-14(20)7-9-16)19(25)23-15-5-3-4-13(10-15)11-21/h3-10,12H,2H2,1H3,(H,23,25). The highest BCUT2D eigenvalue weighted by Crippen LogP contribution is 2.18. The van der Waals surface area contributed by atoms with Crippen molar-refractivity contribution in [2.75, 3.05) is 5.32 Å². The first-order chi connectivity index (χ1) is 12.1. The Morgan fingerprint density at radius 3 is 2.72 bits per heavy atom. The number of amides is 1. The van der Waals surface area contributed by atoms with Gasteiger partial charge in [-0.25, -0.2) is 9.07 Å². The second-order valence-corrected chi connectivity index (χ2v) is 5.39. The number of anilines is 1. The smallest absolute Gasteiger partial charge is 0.259 e. The molecule has 0 unspecified atom stereocenters. The zero-order valence-corrected chi connectivity index (χ0v) is 13.5. The number of nitriles is 1. The van der Waals surface area contributed by atoms with E-state index in [0.29, 0.717) is 28.9 Å². The fourth-order valence-electron chi connectivity index (χ4n) is 2.57. The fraction of sp³-hybridized carbons (Fsp3) is 0.105. The summed E-state index contributed by atoms with van der Waals surface area (Å²) in [5.74, 6) is -0.635. The van der Waals surface area contributed by atoms with Crippen molar-refractivity contribution in [3.05, 3.63) is 77.4 Å². The van der Waals surface area contributed by atoms with E-state index < -0.39 is 0 Å². The predicted octanol–water partition coefficient (Wildman–Crippen LogP) is 3.70. The van der Waals surface area contributed by atoms with Crippen molar-refractivity contribution in [3.63, 3.8) is 0 Å². The molecule has 0 aliphatic carbocycles. The lowest BCUT2D eigenvalue weighted by molar-refractivity contribution is 0.102. The van der Waals surface area contributed by atoms with Gasteiger partial charge in [0.15, 0.2) is 0 Å². The van der Waals surface area contributed by atoms with Crippen molar-refractivity contribution in [1.29, 1.82) is 5.26 Å². The van der Waals surface area contributed by atoms with Crippen LogP contribution < -0.4 is 5.32 Å². The number of nitrogens with one attached hydrogen (secondary N) is 1. The van der Waals surface area contributed by atoms with Crippen molar-refractivity contribution >= 4 is 11.6 Å². The summed E-state index contributed by atoms with van der Waals surface area (Å²) in [4.78, 5) is 12.6. The van der Waals surface area contributed by atoms with Crippen LogP contribution in [0, 0.1) is 17.1 Å². The largest absolute Gasteiger partial charge is 0.322 e. The van der Waals surface area contributed by atoms with Crippen LogP contribution in [0.25, 0.3) is 5.69 Å². The third kappa shape index (κ3) is 3.40. The normalized spacial score (nSPS) is 10.3. The summed E-state index contributed by atoms with van der Waals surface area (Å²) in [6, 6.07) is 14.7. The number of hydrogen-bond acceptors (Lipinski definition) is 3. The third-order valence-electron chi connectivity index (χ3n) is 3.77. The lowest BCUT2D eigenvalue weighted by atomic mass is 10.1. The van der Waals surface area contributed by atoms with E-state index in [9.17, 15) is 9.18 Å². The van der Waals surface area contributed by atoms with Crippen molar-refractivity contribution in [3.8, 4) is 11.8 Å². The van der Waals surface area contributed by atoms with Crippen LogP contribution in [0.3, 0.4) is 0 Å². The third-order valence-corrected chi connectivity index (χ3v) is 3.77. The average molecular weight is 334 g/mol. The fourth-order valence-corrected chi connectivity index (χ4v) is 2.57. The number of nitrogens with zero attached hydrogens (tertiary/aromatic N) is 3. The van der Waals surface area contributed by atoms with Crippen LogP contribution in [0.2, 0.25) is 0 Å². The molecule has 0 aliphatic rings. The quantitative estimate of drug-likeness (QED) is 0.791. The van der Waals surface area contributed by atoms with Gasteiger partial charge < -0.3 is 5.32 Å². The molecule has 5 nitrogen and oxygen atoms in total. The Kier molecular flexibility index (Phi) is 4.57. The van der Waals surface area contributed by atoms with Crippen LogP contribution in [-0.2, 0) is 6.42 Å². The van der Waals surface area contributed by atoms with E-state index in [2.05, 4.69) is 10.4 Å². The van der Waals surface area contributed by atoms with Gasteiger partial charge in [-0.3, -0.25) is 4.79 Å². The predicted molar refractivity (Wildman–Crippen MR) is 92.0 cm³/mol. The lowest BCUT2D eigenvalue weighted by Gasteiger charge is -2.09. The summed E-state index contributed by atoms with van der Waals surface area (Å²) in [6.07, 6.45) is 2.07. The van der Waals surface area contributed by atoms with Gasteiger partial charge in [0, 0.05) is 5.69 Å². The van der Waals surface area contributed by atoms with Gasteiger partial charge in [-0.15, -0.1) is 0 Å². The van der Waals surface area contributed by atoms with Crippen LogP contribution in [0.1, 0.15) is 28.5 Å². The minimum absolute atomic E-state index is 0.305. The van der Waals surface area contributed by atoms with Crippen LogP contribution in [0.5, 0.6) is 0 Å². The van der Waals surface area contributed by atoms with E-state index in [0.717, 1.165) is 5.69 Å². The number of hydrogen-bond donors (Lipinski definition) is 1. The molecule has 0 saturated heterocycles. The van der Waals surface area contributed by atoms with E-state index >= 15 is 0 Å². The Balaban J connectivity index is 1.90. The highest BCUT2D eigenvalue weighted by atomic mass is 19.1. The summed E-state index contributed by atoms with van der Waals surface area (Å²) >= 11 is 0. The number of carbonyl (C=O) groups is 1. The van der Waals surface area contributed by atoms with Crippen LogP contribution in [0.4, 0.5) is 10.1 Å². The van der Waals surface area contributed by atoms with Crippen LogP contribution in [0.15, 0.2) is 54.7 Å². The van der Waals surface area contributed by atoms with Gasteiger partial charge >= 0.3 is 0 Å². The zero-order valence-electron chi connectivity index (χ0n) is 13.5. The Hall–Kier alpha value is -3.46. The lowest BCUT2D eigenvalue weighted by Crippen LogP contribution is -2.14. The summed E-state index contributed by atoms with van der Waals surface area (Å²) in [5, 5.41) is 16.0.